The first kappa shape index (κ1) is 16.6. The number of amides is 1. The van der Waals surface area contributed by atoms with Gasteiger partial charge in [0.05, 0.1) is 16.3 Å². The number of hydrogen-bond donors (Lipinski definition) is 2. The average Bonchev–Trinajstić information content (AvgIpc) is 3.00. The maximum absolute atomic E-state index is 12.4. The molecule has 4 nitrogen and oxygen atoms in total. The monoisotopic (exact) mass is 339 g/mol. The van der Waals surface area contributed by atoms with Gasteiger partial charge in [-0.2, -0.15) is 0 Å². The van der Waals surface area contributed by atoms with Gasteiger partial charge >= 0.3 is 0 Å². The van der Waals surface area contributed by atoms with Crippen molar-refractivity contribution in [2.75, 3.05) is 0 Å². The van der Waals surface area contributed by atoms with Gasteiger partial charge in [-0.05, 0) is 36.6 Å². The first-order valence-electron chi connectivity index (χ1n) is 8.10. The van der Waals surface area contributed by atoms with Gasteiger partial charge in [0.25, 0.3) is 0 Å². The minimum absolute atomic E-state index is 0.0444. The zero-order valence-electron chi connectivity index (χ0n) is 13.9. The summed E-state index contributed by atoms with van der Waals surface area (Å²) in [4.78, 5) is 20.3. The first-order chi connectivity index (χ1) is 11.7. The molecule has 1 atom stereocenters. The second-order valence-corrected chi connectivity index (χ2v) is 6.97. The normalized spacial score (nSPS) is 12.2. The molecule has 1 unspecified atom stereocenters. The van der Waals surface area contributed by atoms with E-state index in [1.165, 1.54) is 17.3 Å². The summed E-state index contributed by atoms with van der Waals surface area (Å²) in [7, 11) is 0. The van der Waals surface area contributed by atoms with Gasteiger partial charge in [0, 0.05) is 6.54 Å². The van der Waals surface area contributed by atoms with Gasteiger partial charge < -0.3 is 10.3 Å². The number of carbonyl (C=O) groups is 1. The summed E-state index contributed by atoms with van der Waals surface area (Å²) in [6.45, 7) is 4.63. The molecule has 0 aliphatic carbocycles. The first-order valence-corrected chi connectivity index (χ1v) is 8.98. The number of rotatable bonds is 6. The number of hydrogen-bond acceptors (Lipinski definition) is 3. The molecule has 24 heavy (non-hydrogen) atoms. The molecule has 1 heterocycles. The van der Waals surface area contributed by atoms with Crippen molar-refractivity contribution < 1.29 is 4.79 Å². The van der Waals surface area contributed by atoms with E-state index >= 15 is 0 Å². The van der Waals surface area contributed by atoms with Gasteiger partial charge in [-0.3, -0.25) is 4.79 Å². The second-order valence-electron chi connectivity index (χ2n) is 5.78. The van der Waals surface area contributed by atoms with E-state index in [4.69, 9.17) is 0 Å². The summed E-state index contributed by atoms with van der Waals surface area (Å²) in [5.74, 6) is 0.0444. The lowest BCUT2D eigenvalue weighted by Crippen LogP contribution is -2.31. The van der Waals surface area contributed by atoms with Crippen molar-refractivity contribution in [1.29, 1.82) is 0 Å². The topological polar surface area (TPSA) is 57.8 Å². The van der Waals surface area contributed by atoms with Crippen molar-refractivity contribution in [2.24, 2.45) is 0 Å². The standard InChI is InChI=1S/C19H21N3OS/c1-3-17(18(23)20-12-14-7-5-4-6-8-14)24-19-21-15-10-9-13(2)11-16(15)22-19/h4-11,17H,3,12H2,1-2H3,(H,20,23)(H,21,22). The van der Waals surface area contributed by atoms with E-state index in [2.05, 4.69) is 28.3 Å². The number of imidazole rings is 1. The molecule has 5 heteroatoms. The third kappa shape index (κ3) is 3.97. The molecule has 2 N–H and O–H groups in total. The lowest BCUT2D eigenvalue weighted by atomic mass is 10.2. The highest BCUT2D eigenvalue weighted by atomic mass is 32.2. The number of benzene rings is 2. The summed E-state index contributed by atoms with van der Waals surface area (Å²) in [5.41, 5.74) is 4.24. The summed E-state index contributed by atoms with van der Waals surface area (Å²) >= 11 is 1.48. The van der Waals surface area contributed by atoms with E-state index in [1.54, 1.807) is 0 Å². The molecule has 2 aromatic carbocycles. The molecular formula is C19H21N3OS. The Balaban J connectivity index is 1.65. The zero-order chi connectivity index (χ0) is 16.9. The fourth-order valence-corrected chi connectivity index (χ4v) is 3.46. The minimum Gasteiger partial charge on any atom is -0.351 e. The molecule has 0 aliphatic heterocycles. The summed E-state index contributed by atoms with van der Waals surface area (Å²) in [6.07, 6.45) is 0.751. The number of H-pyrrole nitrogens is 1. The van der Waals surface area contributed by atoms with E-state index in [0.29, 0.717) is 6.54 Å². The Morgan fingerprint density at radius 1 is 1.25 bits per heavy atom. The Morgan fingerprint density at radius 3 is 2.79 bits per heavy atom. The van der Waals surface area contributed by atoms with Crippen LogP contribution in [0.3, 0.4) is 0 Å². The third-order valence-corrected chi connectivity index (χ3v) is 5.09. The van der Waals surface area contributed by atoms with E-state index in [0.717, 1.165) is 28.2 Å². The lowest BCUT2D eigenvalue weighted by Gasteiger charge is -2.13. The number of aromatic nitrogens is 2. The van der Waals surface area contributed by atoms with E-state index < -0.39 is 0 Å². The van der Waals surface area contributed by atoms with Crippen molar-refractivity contribution >= 4 is 28.7 Å². The molecule has 1 amide bonds. The molecule has 124 valence electrons. The van der Waals surface area contributed by atoms with Crippen molar-refractivity contribution in [3.8, 4) is 0 Å². The lowest BCUT2D eigenvalue weighted by molar-refractivity contribution is -0.120. The Labute approximate surface area is 146 Å². The number of fused-ring (bicyclic) bond motifs is 1. The van der Waals surface area contributed by atoms with E-state index in [1.807, 2.05) is 49.4 Å². The maximum Gasteiger partial charge on any atom is 0.233 e. The van der Waals surface area contributed by atoms with Crippen LogP contribution in [-0.4, -0.2) is 21.1 Å². The summed E-state index contributed by atoms with van der Waals surface area (Å²) in [5, 5.41) is 3.64. The molecule has 0 saturated heterocycles. The fraction of sp³-hybridized carbons (Fsp3) is 0.263. The van der Waals surface area contributed by atoms with Gasteiger partial charge in [0.2, 0.25) is 5.91 Å². The molecule has 0 saturated carbocycles. The van der Waals surface area contributed by atoms with Crippen LogP contribution < -0.4 is 5.32 Å². The SMILES string of the molecule is CCC(Sc1nc2ccc(C)cc2[nH]1)C(=O)NCc1ccccc1. The predicted octanol–water partition coefficient (Wildman–Crippen LogP) is 4.06. The predicted molar refractivity (Wildman–Crippen MR) is 99.1 cm³/mol. The molecule has 0 fully saturated rings. The van der Waals surface area contributed by atoms with Gasteiger partial charge in [-0.25, -0.2) is 4.98 Å². The number of thioether (sulfide) groups is 1. The van der Waals surface area contributed by atoms with Gasteiger partial charge in [0.1, 0.15) is 0 Å². The van der Waals surface area contributed by atoms with Crippen LogP contribution in [-0.2, 0) is 11.3 Å². The molecule has 1 aromatic heterocycles. The quantitative estimate of drug-likeness (QED) is 0.666. The number of aromatic amines is 1. The molecule has 0 aliphatic rings. The van der Waals surface area contributed by atoms with Crippen LogP contribution in [0.2, 0.25) is 0 Å². The largest absolute Gasteiger partial charge is 0.351 e. The molecule has 0 spiro atoms. The van der Waals surface area contributed by atoms with Crippen LogP contribution >= 0.6 is 11.8 Å². The number of carbonyl (C=O) groups excluding carboxylic acids is 1. The van der Waals surface area contributed by atoms with Gasteiger partial charge in [-0.15, -0.1) is 0 Å². The maximum atomic E-state index is 12.4. The third-order valence-electron chi connectivity index (χ3n) is 3.84. The van der Waals surface area contributed by atoms with Crippen molar-refractivity contribution in [2.45, 2.75) is 37.2 Å². The van der Waals surface area contributed by atoms with E-state index in [-0.39, 0.29) is 11.2 Å². The number of nitrogens with zero attached hydrogens (tertiary/aromatic N) is 1. The summed E-state index contributed by atoms with van der Waals surface area (Å²) < 4.78 is 0. The van der Waals surface area contributed by atoms with Crippen LogP contribution in [0.5, 0.6) is 0 Å². The van der Waals surface area contributed by atoms with Crippen molar-refractivity contribution in [1.82, 2.24) is 15.3 Å². The molecule has 0 radical (unpaired) electrons. The summed E-state index contributed by atoms with van der Waals surface area (Å²) in [6, 6.07) is 16.1. The van der Waals surface area contributed by atoms with Crippen LogP contribution in [0, 0.1) is 6.92 Å². The molecule has 3 rings (SSSR count). The zero-order valence-corrected chi connectivity index (χ0v) is 14.7. The highest BCUT2D eigenvalue weighted by Gasteiger charge is 2.19. The van der Waals surface area contributed by atoms with Crippen LogP contribution in [0.15, 0.2) is 53.7 Å². The molecular weight excluding hydrogens is 318 g/mol. The van der Waals surface area contributed by atoms with Crippen molar-refractivity contribution in [3.05, 3.63) is 59.7 Å². The number of aryl methyl sites for hydroxylation is 1. The molecule has 0 bridgehead atoms. The average molecular weight is 339 g/mol. The van der Waals surface area contributed by atoms with Gasteiger partial charge in [0.15, 0.2) is 5.16 Å². The second kappa shape index (κ2) is 7.53. The smallest absolute Gasteiger partial charge is 0.233 e. The highest BCUT2D eigenvalue weighted by Crippen LogP contribution is 2.26. The highest BCUT2D eigenvalue weighted by molar-refractivity contribution is 8.00. The van der Waals surface area contributed by atoms with Gasteiger partial charge in [-0.1, -0.05) is 55.1 Å². The van der Waals surface area contributed by atoms with Crippen molar-refractivity contribution in [3.63, 3.8) is 0 Å². The minimum atomic E-state index is -0.157. The van der Waals surface area contributed by atoms with E-state index in [9.17, 15) is 4.79 Å². The van der Waals surface area contributed by atoms with Crippen LogP contribution in [0.1, 0.15) is 24.5 Å². The van der Waals surface area contributed by atoms with Crippen LogP contribution in [0.4, 0.5) is 0 Å². The Morgan fingerprint density at radius 2 is 2.04 bits per heavy atom. The Bertz CT molecular complexity index is 829. The van der Waals surface area contributed by atoms with Crippen LogP contribution in [0.25, 0.3) is 11.0 Å². The Hall–Kier alpha value is -2.27. The Kier molecular flexibility index (Phi) is 5.20. The number of nitrogens with one attached hydrogen (secondary N) is 2. The fourth-order valence-electron chi connectivity index (χ4n) is 2.51. The molecule has 3 aromatic rings.